The Labute approximate surface area is 88.1 Å². The molecule has 0 saturated heterocycles. The molecule has 0 aliphatic carbocycles. The van der Waals surface area contributed by atoms with E-state index in [-0.39, 0.29) is 0 Å². The third-order valence-corrected chi connectivity index (χ3v) is 3.06. The molecule has 78 valence electrons. The summed E-state index contributed by atoms with van der Waals surface area (Å²) < 4.78 is 46.5. The van der Waals surface area contributed by atoms with Crippen molar-refractivity contribution in [2.45, 2.75) is 11.3 Å². The van der Waals surface area contributed by atoms with E-state index in [0.29, 0.717) is 0 Å². The molecule has 0 unspecified atom stereocenters. The monoisotopic (exact) mass is 261 g/mol. The van der Waals surface area contributed by atoms with E-state index in [1.807, 2.05) is 0 Å². The average molecular weight is 262 g/mol. The maximum Gasteiger partial charge on any atom is 0.268 e. The highest BCUT2D eigenvalue weighted by atomic mass is 35.7. The third-order valence-electron chi connectivity index (χ3n) is 1.38. The van der Waals surface area contributed by atoms with Crippen molar-refractivity contribution in [3.05, 3.63) is 23.0 Å². The van der Waals surface area contributed by atoms with Crippen molar-refractivity contribution < 1.29 is 17.2 Å². The van der Waals surface area contributed by atoms with Gasteiger partial charge >= 0.3 is 0 Å². The van der Waals surface area contributed by atoms with E-state index >= 15 is 0 Å². The molecule has 0 aliphatic heterocycles. The minimum Gasteiger partial charge on any atom is -0.244 e. The fourth-order valence-corrected chi connectivity index (χ4v) is 2.21. The van der Waals surface area contributed by atoms with Crippen LogP contribution in [0, 0.1) is 0 Å². The van der Waals surface area contributed by atoms with Gasteiger partial charge < -0.3 is 0 Å². The van der Waals surface area contributed by atoms with Crippen molar-refractivity contribution >= 4 is 31.3 Å². The van der Waals surface area contributed by atoms with Crippen molar-refractivity contribution in [3.63, 3.8) is 0 Å². The summed E-state index contributed by atoms with van der Waals surface area (Å²) in [7, 11) is 0.699. The molecule has 0 N–H and O–H groups in total. The Morgan fingerprint density at radius 1 is 1.43 bits per heavy atom. The van der Waals surface area contributed by atoms with Crippen LogP contribution >= 0.6 is 22.3 Å². The van der Waals surface area contributed by atoms with E-state index in [0.717, 1.165) is 12.3 Å². The van der Waals surface area contributed by atoms with Crippen molar-refractivity contribution in [1.82, 2.24) is 4.98 Å². The van der Waals surface area contributed by atoms with Crippen molar-refractivity contribution in [3.8, 4) is 0 Å². The summed E-state index contributed by atoms with van der Waals surface area (Å²) in [6, 6.07) is 0.871. The molecular formula is C6H3Cl2F2NO2S. The Hall–Kier alpha value is -0.460. The number of nitrogens with zero attached hydrogens (tertiary/aromatic N) is 1. The van der Waals surface area contributed by atoms with Crippen LogP contribution in [0.25, 0.3) is 0 Å². The molecule has 0 bridgehead atoms. The van der Waals surface area contributed by atoms with Crippen LogP contribution in [0.2, 0.25) is 5.15 Å². The number of pyridine rings is 1. The van der Waals surface area contributed by atoms with Crippen LogP contribution in [-0.4, -0.2) is 13.4 Å². The molecule has 0 radical (unpaired) electrons. The van der Waals surface area contributed by atoms with Gasteiger partial charge in [0.25, 0.3) is 15.5 Å². The molecule has 0 atom stereocenters. The van der Waals surface area contributed by atoms with Gasteiger partial charge in [-0.2, -0.15) is 0 Å². The van der Waals surface area contributed by atoms with E-state index < -0.39 is 31.1 Å². The Balaban J connectivity index is 3.52. The quantitative estimate of drug-likeness (QED) is 0.608. The first-order valence-corrected chi connectivity index (χ1v) is 5.90. The highest BCUT2D eigenvalue weighted by Gasteiger charge is 2.24. The summed E-state index contributed by atoms with van der Waals surface area (Å²) >= 11 is 5.32. The lowest BCUT2D eigenvalue weighted by Gasteiger charge is -2.06. The van der Waals surface area contributed by atoms with Gasteiger partial charge in [-0.15, -0.1) is 0 Å². The SMILES string of the molecule is O=S(=O)(Cl)c1ccnc(Cl)c1C(F)F. The van der Waals surface area contributed by atoms with Crippen LogP contribution in [0.5, 0.6) is 0 Å². The molecule has 14 heavy (non-hydrogen) atoms. The van der Waals surface area contributed by atoms with Crippen molar-refractivity contribution in [2.75, 3.05) is 0 Å². The molecule has 1 rings (SSSR count). The van der Waals surface area contributed by atoms with Gasteiger partial charge in [-0.3, -0.25) is 0 Å². The van der Waals surface area contributed by atoms with Gasteiger partial charge in [-0.1, -0.05) is 11.6 Å². The van der Waals surface area contributed by atoms with E-state index in [1.165, 1.54) is 0 Å². The number of halogens is 4. The number of hydrogen-bond acceptors (Lipinski definition) is 3. The zero-order valence-corrected chi connectivity index (χ0v) is 8.74. The summed E-state index contributed by atoms with van der Waals surface area (Å²) in [6.07, 6.45) is -2.05. The average Bonchev–Trinajstić information content (AvgIpc) is 2.01. The number of aromatic nitrogens is 1. The molecule has 1 aromatic heterocycles. The molecule has 0 spiro atoms. The second kappa shape index (κ2) is 3.96. The van der Waals surface area contributed by atoms with Gasteiger partial charge in [0.1, 0.15) is 5.15 Å². The van der Waals surface area contributed by atoms with Gasteiger partial charge in [-0.25, -0.2) is 22.2 Å². The maximum atomic E-state index is 12.4. The van der Waals surface area contributed by atoms with Gasteiger partial charge in [-0.05, 0) is 6.07 Å². The molecule has 0 aliphatic rings. The molecular weight excluding hydrogens is 259 g/mol. The van der Waals surface area contributed by atoms with Gasteiger partial charge in [0.15, 0.2) is 0 Å². The molecule has 8 heteroatoms. The van der Waals surface area contributed by atoms with Crippen molar-refractivity contribution in [1.29, 1.82) is 0 Å². The molecule has 3 nitrogen and oxygen atoms in total. The molecule has 0 fully saturated rings. The number of rotatable bonds is 2. The number of hydrogen-bond donors (Lipinski definition) is 0. The fraction of sp³-hybridized carbons (Fsp3) is 0.167. The van der Waals surface area contributed by atoms with Crippen LogP contribution in [0.4, 0.5) is 8.78 Å². The summed E-state index contributed by atoms with van der Waals surface area (Å²) in [5.74, 6) is 0. The smallest absolute Gasteiger partial charge is 0.244 e. The Kier molecular flexibility index (Phi) is 3.28. The third kappa shape index (κ3) is 2.31. The van der Waals surface area contributed by atoms with Crippen LogP contribution in [0.3, 0.4) is 0 Å². The predicted molar refractivity (Wildman–Crippen MR) is 47.2 cm³/mol. The Bertz CT molecular complexity index is 449. The van der Waals surface area contributed by atoms with E-state index in [4.69, 9.17) is 22.3 Å². The minimum absolute atomic E-state index is 0.568. The Morgan fingerprint density at radius 2 is 2.00 bits per heavy atom. The first-order valence-electron chi connectivity index (χ1n) is 3.21. The van der Waals surface area contributed by atoms with Gasteiger partial charge in [0, 0.05) is 16.9 Å². The highest BCUT2D eigenvalue weighted by molar-refractivity contribution is 8.13. The number of alkyl halides is 2. The summed E-state index contributed by atoms with van der Waals surface area (Å²) in [4.78, 5) is 2.62. The topological polar surface area (TPSA) is 47.0 Å². The van der Waals surface area contributed by atoms with Crippen LogP contribution in [0.15, 0.2) is 17.2 Å². The predicted octanol–water partition coefficient (Wildman–Crippen LogP) is 2.60. The van der Waals surface area contributed by atoms with E-state index in [1.54, 1.807) is 0 Å². The molecule has 0 aromatic carbocycles. The van der Waals surface area contributed by atoms with E-state index in [9.17, 15) is 17.2 Å². The largest absolute Gasteiger partial charge is 0.268 e. The second-order valence-electron chi connectivity index (χ2n) is 2.25. The second-order valence-corrected chi connectivity index (χ2v) is 5.14. The van der Waals surface area contributed by atoms with Crippen LogP contribution < -0.4 is 0 Å². The first kappa shape index (κ1) is 11.6. The Morgan fingerprint density at radius 3 is 2.36 bits per heavy atom. The van der Waals surface area contributed by atoms with Crippen LogP contribution in [-0.2, 0) is 9.05 Å². The molecule has 1 aromatic rings. The van der Waals surface area contributed by atoms with E-state index in [2.05, 4.69) is 4.98 Å². The summed E-state index contributed by atoms with van der Waals surface area (Å²) in [5.41, 5.74) is -0.871. The fourth-order valence-electron chi connectivity index (χ4n) is 0.842. The minimum atomic E-state index is -4.23. The van der Waals surface area contributed by atoms with Gasteiger partial charge in [0.2, 0.25) is 0 Å². The zero-order chi connectivity index (χ0) is 10.9. The summed E-state index contributed by atoms with van der Waals surface area (Å²) in [6.45, 7) is 0. The summed E-state index contributed by atoms with van der Waals surface area (Å²) in [5, 5.41) is -0.568. The first-order chi connectivity index (χ1) is 6.34. The molecule has 0 amide bonds. The lowest BCUT2D eigenvalue weighted by Crippen LogP contribution is -2.00. The van der Waals surface area contributed by atoms with Gasteiger partial charge in [0.05, 0.1) is 10.5 Å². The molecule has 1 heterocycles. The molecule has 0 saturated carbocycles. The van der Waals surface area contributed by atoms with Crippen LogP contribution in [0.1, 0.15) is 12.0 Å². The normalized spacial score (nSPS) is 12.1. The van der Waals surface area contributed by atoms with Crippen molar-refractivity contribution in [2.24, 2.45) is 0 Å². The zero-order valence-electron chi connectivity index (χ0n) is 6.42. The lowest BCUT2D eigenvalue weighted by atomic mass is 10.3. The highest BCUT2D eigenvalue weighted by Crippen LogP contribution is 2.32. The lowest BCUT2D eigenvalue weighted by molar-refractivity contribution is 0.147. The maximum absolute atomic E-state index is 12.4. The standard InChI is InChI=1S/C6H3Cl2F2NO2S/c7-5-4(6(9)10)3(1-2-11-5)14(8,12)13/h1-2,6H.